The van der Waals surface area contributed by atoms with Crippen LogP contribution >= 0.6 is 11.6 Å². The third-order valence-electron chi connectivity index (χ3n) is 1.56. The van der Waals surface area contributed by atoms with Crippen LogP contribution in [0.1, 0.15) is 0 Å². The predicted octanol–water partition coefficient (Wildman–Crippen LogP) is 2.24. The van der Waals surface area contributed by atoms with E-state index in [1.807, 2.05) is 0 Å². The maximum Gasteiger partial charge on any atom is 0.497 e. The Morgan fingerprint density at radius 3 is 2.00 bits per heavy atom. The Hall–Kier alpha value is -0.830. The maximum absolute atomic E-state index is 12.0. The summed E-state index contributed by atoms with van der Waals surface area (Å²) < 4.78 is 56.7. The summed E-state index contributed by atoms with van der Waals surface area (Å²) in [4.78, 5) is -0.711. The van der Waals surface area contributed by atoms with Crippen molar-refractivity contribution in [3.05, 3.63) is 29.3 Å². The fourth-order valence-corrected chi connectivity index (χ4v) is 1.92. The third kappa shape index (κ3) is 2.64. The highest BCUT2D eigenvalue weighted by molar-refractivity contribution is 7.89. The molecule has 0 aliphatic rings. The minimum atomic E-state index is -5.39. The quantitative estimate of drug-likeness (QED) is 0.665. The maximum atomic E-state index is 12.0. The highest BCUT2D eigenvalue weighted by atomic mass is 35.5. The summed E-state index contributed by atoms with van der Waals surface area (Å²) in [5.74, 6) is 0. The average molecular weight is 276 g/mol. The van der Waals surface area contributed by atoms with E-state index in [4.69, 9.17) is 16.8 Å². The molecule has 4 nitrogen and oxygen atoms in total. The molecule has 0 bridgehead atoms. The lowest BCUT2D eigenvalue weighted by atomic mass is 10.4. The van der Waals surface area contributed by atoms with Crippen LogP contribution in [-0.2, 0) is 10.0 Å². The van der Waals surface area contributed by atoms with Crippen LogP contribution in [0.15, 0.2) is 29.2 Å². The van der Waals surface area contributed by atoms with E-state index in [0.29, 0.717) is 0 Å². The Labute approximate surface area is 93.9 Å². The molecule has 1 rings (SSSR count). The first-order valence-electron chi connectivity index (χ1n) is 3.72. The van der Waals surface area contributed by atoms with Gasteiger partial charge in [-0.3, -0.25) is 5.21 Å². The Bertz CT molecular complexity index is 471. The van der Waals surface area contributed by atoms with Gasteiger partial charge in [-0.2, -0.15) is 13.2 Å². The Kier molecular flexibility index (Phi) is 3.48. The molecule has 0 aromatic heterocycles. The second-order valence-electron chi connectivity index (χ2n) is 2.67. The van der Waals surface area contributed by atoms with Gasteiger partial charge in [-0.15, -0.1) is 0 Å². The standard InChI is InChI=1S/C7H5ClF3NO3S/c8-5-1-3-6(4-2-5)16(14,15)12(13)7(9,10)11/h1-4,13H. The van der Waals surface area contributed by atoms with Crippen LogP contribution in [0.3, 0.4) is 0 Å². The summed E-state index contributed by atoms with van der Waals surface area (Å²) in [5.41, 5.74) is 0. The highest BCUT2D eigenvalue weighted by Crippen LogP contribution is 2.27. The van der Waals surface area contributed by atoms with Gasteiger partial charge in [0.2, 0.25) is 0 Å². The average Bonchev–Trinajstić information content (AvgIpc) is 2.16. The number of halogens is 4. The van der Waals surface area contributed by atoms with Crippen LogP contribution in [0.4, 0.5) is 13.2 Å². The summed E-state index contributed by atoms with van der Waals surface area (Å²) in [5, 5.41) is 8.69. The van der Waals surface area contributed by atoms with E-state index in [1.54, 1.807) is 0 Å². The molecule has 16 heavy (non-hydrogen) atoms. The van der Waals surface area contributed by atoms with Gasteiger partial charge in [0, 0.05) is 9.49 Å². The molecule has 0 radical (unpaired) electrons. The zero-order valence-electron chi connectivity index (χ0n) is 7.44. The van der Waals surface area contributed by atoms with Gasteiger partial charge < -0.3 is 0 Å². The van der Waals surface area contributed by atoms with Gasteiger partial charge in [0.05, 0.1) is 4.90 Å². The van der Waals surface area contributed by atoms with E-state index in [2.05, 4.69) is 0 Å². The molecule has 0 heterocycles. The van der Waals surface area contributed by atoms with E-state index in [1.165, 1.54) is 0 Å². The fraction of sp³-hybridized carbons (Fsp3) is 0.143. The van der Waals surface area contributed by atoms with Crippen molar-refractivity contribution in [1.29, 1.82) is 0 Å². The van der Waals surface area contributed by atoms with Gasteiger partial charge in [-0.25, -0.2) is 8.42 Å². The number of hydroxylamine groups is 1. The summed E-state index contributed by atoms with van der Waals surface area (Å²) >= 11 is 5.44. The second-order valence-corrected chi connectivity index (χ2v) is 4.87. The zero-order valence-corrected chi connectivity index (χ0v) is 9.01. The van der Waals surface area contributed by atoms with Crippen molar-refractivity contribution in [2.45, 2.75) is 11.2 Å². The molecule has 0 spiro atoms. The van der Waals surface area contributed by atoms with Crippen LogP contribution in [0.2, 0.25) is 5.02 Å². The van der Waals surface area contributed by atoms with E-state index >= 15 is 0 Å². The predicted molar refractivity (Wildman–Crippen MR) is 48.3 cm³/mol. The molecule has 0 saturated heterocycles. The SMILES string of the molecule is O=S(=O)(c1ccc(Cl)cc1)N(O)C(F)(F)F. The lowest BCUT2D eigenvalue weighted by molar-refractivity contribution is -0.303. The zero-order chi connectivity index (χ0) is 12.6. The lowest BCUT2D eigenvalue weighted by Crippen LogP contribution is -2.39. The molecule has 1 aromatic carbocycles. The number of nitrogens with zero attached hydrogens (tertiary/aromatic N) is 1. The van der Waals surface area contributed by atoms with Crippen molar-refractivity contribution < 1.29 is 26.8 Å². The first-order chi connectivity index (χ1) is 7.15. The minimum absolute atomic E-state index is 0.162. The van der Waals surface area contributed by atoms with Crippen molar-refractivity contribution in [1.82, 2.24) is 4.47 Å². The van der Waals surface area contributed by atoms with Crippen molar-refractivity contribution in [2.75, 3.05) is 0 Å². The molecule has 0 aliphatic heterocycles. The molecule has 0 saturated carbocycles. The number of alkyl halides is 3. The van der Waals surface area contributed by atoms with Crippen LogP contribution in [-0.4, -0.2) is 24.4 Å². The summed E-state index contributed by atoms with van der Waals surface area (Å²) in [6.45, 7) is 0. The second kappa shape index (κ2) is 4.21. The topological polar surface area (TPSA) is 57.6 Å². The molecule has 0 aliphatic carbocycles. The summed E-state index contributed by atoms with van der Waals surface area (Å²) in [7, 11) is -5.01. The largest absolute Gasteiger partial charge is 0.497 e. The van der Waals surface area contributed by atoms with Crippen molar-refractivity contribution in [3.8, 4) is 0 Å². The van der Waals surface area contributed by atoms with Gasteiger partial charge in [0.25, 0.3) is 10.0 Å². The highest BCUT2D eigenvalue weighted by Gasteiger charge is 2.46. The molecule has 0 unspecified atom stereocenters. The summed E-state index contributed by atoms with van der Waals surface area (Å²) in [6, 6.07) is 3.90. The molecule has 90 valence electrons. The van der Waals surface area contributed by atoms with E-state index < -0.39 is 25.7 Å². The van der Waals surface area contributed by atoms with Crippen LogP contribution in [0, 0.1) is 0 Å². The van der Waals surface area contributed by atoms with Crippen molar-refractivity contribution >= 4 is 21.6 Å². The van der Waals surface area contributed by atoms with Gasteiger partial charge in [0.15, 0.2) is 0 Å². The van der Waals surface area contributed by atoms with Crippen LogP contribution in [0.5, 0.6) is 0 Å². The molecule has 1 aromatic rings. The smallest absolute Gasteiger partial charge is 0.292 e. The lowest BCUT2D eigenvalue weighted by Gasteiger charge is -2.17. The molecule has 9 heteroatoms. The van der Waals surface area contributed by atoms with Gasteiger partial charge >= 0.3 is 6.30 Å². The monoisotopic (exact) mass is 275 g/mol. The van der Waals surface area contributed by atoms with E-state index in [9.17, 15) is 21.6 Å². The fourth-order valence-electron chi connectivity index (χ4n) is 0.843. The molecular formula is C7H5ClF3NO3S. The molecule has 1 N–H and O–H groups in total. The van der Waals surface area contributed by atoms with Crippen molar-refractivity contribution in [3.63, 3.8) is 0 Å². The van der Waals surface area contributed by atoms with Gasteiger partial charge in [0.1, 0.15) is 0 Å². The molecule has 0 fully saturated rings. The number of sulfonamides is 1. The number of hydrogen-bond donors (Lipinski definition) is 1. The molecular weight excluding hydrogens is 271 g/mol. The van der Waals surface area contributed by atoms with E-state index in [0.717, 1.165) is 24.3 Å². The minimum Gasteiger partial charge on any atom is -0.292 e. The number of hydrogen-bond acceptors (Lipinski definition) is 3. The Balaban J connectivity index is 3.17. The number of benzene rings is 1. The van der Waals surface area contributed by atoms with Gasteiger partial charge in [-0.05, 0) is 24.3 Å². The number of rotatable bonds is 2. The third-order valence-corrected chi connectivity index (χ3v) is 3.34. The van der Waals surface area contributed by atoms with Crippen LogP contribution in [0.25, 0.3) is 0 Å². The molecule has 0 atom stereocenters. The Morgan fingerprint density at radius 2 is 1.62 bits per heavy atom. The normalized spacial score (nSPS) is 13.1. The van der Waals surface area contributed by atoms with Crippen LogP contribution < -0.4 is 0 Å². The van der Waals surface area contributed by atoms with E-state index in [-0.39, 0.29) is 5.02 Å². The summed E-state index contributed by atoms with van der Waals surface area (Å²) in [6.07, 6.45) is -5.39. The van der Waals surface area contributed by atoms with Crippen molar-refractivity contribution in [2.24, 2.45) is 0 Å². The first kappa shape index (κ1) is 13.2. The van der Waals surface area contributed by atoms with Gasteiger partial charge in [-0.1, -0.05) is 11.6 Å². The molecule has 0 amide bonds. The first-order valence-corrected chi connectivity index (χ1v) is 5.54. The Morgan fingerprint density at radius 1 is 1.19 bits per heavy atom.